The second kappa shape index (κ2) is 15.3. The van der Waals surface area contributed by atoms with Crippen LogP contribution in [0, 0.1) is 24.2 Å². The van der Waals surface area contributed by atoms with Crippen LogP contribution in [-0.4, -0.2) is 53.3 Å². The molecule has 51 heavy (non-hydrogen) atoms. The Bertz CT molecular complexity index is 1910. The van der Waals surface area contributed by atoms with Crippen LogP contribution in [0.3, 0.4) is 0 Å². The number of hydrogen-bond acceptors (Lipinski definition) is 8. The number of amides is 2. The lowest BCUT2D eigenvalue weighted by molar-refractivity contribution is -0.143. The third-order valence-corrected chi connectivity index (χ3v) is 11.5. The number of benzene rings is 3. The average molecular weight is 708 g/mol. The van der Waals surface area contributed by atoms with Gasteiger partial charge in [0.25, 0.3) is 11.1 Å². The molecule has 2 fully saturated rings. The normalized spacial score (nSPS) is 26.0. The van der Waals surface area contributed by atoms with Gasteiger partial charge in [0.2, 0.25) is 5.91 Å². The lowest BCUT2D eigenvalue weighted by Gasteiger charge is -2.29. The first-order valence-corrected chi connectivity index (χ1v) is 18.8. The van der Waals surface area contributed by atoms with Crippen LogP contribution < -0.4 is 19.8 Å². The van der Waals surface area contributed by atoms with E-state index in [-0.39, 0.29) is 42.4 Å². The molecule has 2 amide bonds. The summed E-state index contributed by atoms with van der Waals surface area (Å²) in [6, 6.07) is 22.3. The molecule has 10 heteroatoms. The maximum Gasteiger partial charge on any atom is 0.274 e. The predicted octanol–water partition coefficient (Wildman–Crippen LogP) is 7.42. The van der Waals surface area contributed by atoms with Gasteiger partial charge in [0.15, 0.2) is 11.5 Å². The van der Waals surface area contributed by atoms with Crippen molar-refractivity contribution < 1.29 is 28.7 Å². The molecule has 9 nitrogen and oxygen atoms in total. The van der Waals surface area contributed by atoms with Crippen molar-refractivity contribution in [3.63, 3.8) is 0 Å². The van der Waals surface area contributed by atoms with Crippen LogP contribution in [0.25, 0.3) is 10.2 Å². The number of nitrogens with zero attached hydrogens (tertiary/aromatic N) is 2. The molecular formula is C41H45N3O6S. The van der Waals surface area contributed by atoms with E-state index >= 15 is 0 Å². The summed E-state index contributed by atoms with van der Waals surface area (Å²) in [5.74, 6) is 0.419. The van der Waals surface area contributed by atoms with Gasteiger partial charge in [-0.3, -0.25) is 14.4 Å². The number of thiazole rings is 1. The molecule has 3 aliphatic rings. The first-order valence-electron chi connectivity index (χ1n) is 18.0. The Morgan fingerprint density at radius 3 is 2.71 bits per heavy atom. The number of aromatic nitrogens is 1. The molecule has 1 N–H and O–H groups in total. The monoisotopic (exact) mass is 707 g/mol. The van der Waals surface area contributed by atoms with Crippen molar-refractivity contribution in [2.75, 3.05) is 13.7 Å². The zero-order chi connectivity index (χ0) is 35.4. The Kier molecular flexibility index (Phi) is 10.4. The van der Waals surface area contributed by atoms with Gasteiger partial charge < -0.3 is 19.2 Å². The molecule has 3 aromatic carbocycles. The Morgan fingerprint density at radius 2 is 1.88 bits per heavy atom. The number of nitrogens with one attached hydrogen (secondary N) is 1. The number of ether oxygens (including phenoxy) is 2. The smallest absolute Gasteiger partial charge is 0.274 e. The maximum atomic E-state index is 14.7. The van der Waals surface area contributed by atoms with Crippen LogP contribution in [0.15, 0.2) is 84.9 Å². The zero-order valence-corrected chi connectivity index (χ0v) is 30.0. The molecule has 2 aliphatic heterocycles. The molecule has 0 radical (unpaired) electrons. The molecular weight excluding hydrogens is 663 g/mol. The lowest BCUT2D eigenvalue weighted by atomic mass is 9.89. The van der Waals surface area contributed by atoms with Gasteiger partial charge in [0, 0.05) is 18.8 Å². The number of aryl methyl sites for hydroxylation is 1. The summed E-state index contributed by atoms with van der Waals surface area (Å²) < 4.78 is 12.8. The van der Waals surface area contributed by atoms with E-state index in [0.717, 1.165) is 59.2 Å². The van der Waals surface area contributed by atoms with Crippen LogP contribution in [-0.2, 0) is 20.8 Å². The number of para-hydroxylation sites is 1. The first-order chi connectivity index (χ1) is 24.8. The summed E-state index contributed by atoms with van der Waals surface area (Å²) in [7, 11) is 1.63. The first kappa shape index (κ1) is 34.7. The molecule has 1 aliphatic carbocycles. The third-order valence-electron chi connectivity index (χ3n) is 10.5. The summed E-state index contributed by atoms with van der Waals surface area (Å²) >= 11 is 1.42. The van der Waals surface area contributed by atoms with Crippen molar-refractivity contribution in [3.8, 4) is 16.7 Å². The SMILES string of the molecule is COc1ccc2nc(O[C@@H]3C[C@H]4C(=O)C[C@]5(C(=O)NOc6ccccc6)C[C@H]5/C=C\CCCCC[C@H](Cc5cccc(C)c5)C(=O)N4C3)sc2c1. The highest BCUT2D eigenvalue weighted by atomic mass is 32.1. The van der Waals surface area contributed by atoms with Crippen molar-refractivity contribution in [2.24, 2.45) is 17.3 Å². The van der Waals surface area contributed by atoms with E-state index in [1.54, 1.807) is 24.1 Å². The van der Waals surface area contributed by atoms with Gasteiger partial charge in [-0.15, -0.1) is 0 Å². The molecule has 1 saturated carbocycles. The number of hydrogen-bond donors (Lipinski definition) is 1. The van der Waals surface area contributed by atoms with Crippen molar-refractivity contribution >= 4 is 39.2 Å². The molecule has 1 aromatic heterocycles. The topological polar surface area (TPSA) is 107 Å². The van der Waals surface area contributed by atoms with Crippen molar-refractivity contribution in [1.82, 2.24) is 15.4 Å². The molecule has 1 saturated heterocycles. The van der Waals surface area contributed by atoms with Crippen LogP contribution >= 0.6 is 11.3 Å². The number of ketones is 1. The number of carbonyl (C=O) groups excluding carboxylic acids is 3. The fourth-order valence-electron chi connectivity index (χ4n) is 7.65. The highest BCUT2D eigenvalue weighted by Crippen LogP contribution is 2.57. The molecule has 5 atom stereocenters. The molecule has 3 heterocycles. The fraction of sp³-hybridized carbons (Fsp3) is 0.415. The number of Topliss-reactive ketones (excluding diaryl/α,β-unsaturated/α-hetero) is 1. The van der Waals surface area contributed by atoms with Gasteiger partial charge in [0.05, 0.1) is 35.3 Å². The number of allylic oxidation sites excluding steroid dienone is 2. The zero-order valence-electron chi connectivity index (χ0n) is 29.2. The highest BCUT2D eigenvalue weighted by Gasteiger charge is 2.61. The van der Waals surface area contributed by atoms with Gasteiger partial charge in [-0.05, 0) is 80.8 Å². The van der Waals surface area contributed by atoms with Gasteiger partial charge in [0.1, 0.15) is 11.9 Å². The van der Waals surface area contributed by atoms with E-state index in [9.17, 15) is 14.4 Å². The predicted molar refractivity (Wildman–Crippen MR) is 197 cm³/mol. The summed E-state index contributed by atoms with van der Waals surface area (Å²) in [5.41, 5.74) is 4.76. The van der Waals surface area contributed by atoms with E-state index in [1.807, 2.05) is 42.5 Å². The largest absolute Gasteiger partial charge is 0.497 e. The standard InChI is InChI=1S/C41H45N3O6S/c1-27-12-11-13-28(20-27)21-29-14-7-4-3-5-8-15-30-24-41(30,39(47)43-50-31-16-9-6-10-17-31)25-36(45)35-22-33(26-44(35)38(29)46)49-40-42-34-19-18-32(48-2)23-37(34)51-40/h6,8-13,15-20,23,29-30,33,35H,3-5,7,14,21-22,24-26H2,1-2H3,(H,43,47)/b15-8-/t29-,30-,33-,35+,41-/m1/s1. The molecule has 266 valence electrons. The Labute approximate surface area is 302 Å². The van der Waals surface area contributed by atoms with E-state index < -0.39 is 17.6 Å². The number of carbonyl (C=O) groups is 3. The average Bonchev–Trinajstić information content (AvgIpc) is 3.44. The quantitative estimate of drug-likeness (QED) is 0.150. The van der Waals surface area contributed by atoms with Crippen LogP contribution in [0.4, 0.5) is 0 Å². The van der Waals surface area contributed by atoms with Crippen LogP contribution in [0.2, 0.25) is 0 Å². The number of fused-ring (bicyclic) bond motifs is 3. The molecule has 0 bridgehead atoms. The number of methoxy groups -OCH3 is 1. The van der Waals surface area contributed by atoms with E-state index in [2.05, 4.69) is 47.7 Å². The minimum atomic E-state index is -0.941. The summed E-state index contributed by atoms with van der Waals surface area (Å²) in [5, 5.41) is 0.489. The summed E-state index contributed by atoms with van der Waals surface area (Å²) in [6.07, 6.45) is 9.87. The molecule has 4 aromatic rings. The van der Waals surface area contributed by atoms with Gasteiger partial charge in [-0.2, -0.15) is 5.48 Å². The lowest BCUT2D eigenvalue weighted by Crippen LogP contribution is -2.46. The third kappa shape index (κ3) is 7.96. The minimum absolute atomic E-state index is 0.0106. The fourth-order valence-corrected chi connectivity index (χ4v) is 8.56. The second-order valence-corrected chi connectivity index (χ2v) is 15.2. The maximum absolute atomic E-state index is 14.7. The summed E-state index contributed by atoms with van der Waals surface area (Å²) in [4.78, 5) is 55.0. The van der Waals surface area contributed by atoms with Crippen molar-refractivity contribution in [2.45, 2.75) is 76.9 Å². The number of rotatable bonds is 8. The van der Waals surface area contributed by atoms with Gasteiger partial charge in [-0.25, -0.2) is 4.98 Å². The van der Waals surface area contributed by atoms with Crippen LogP contribution in [0.5, 0.6) is 16.7 Å². The van der Waals surface area contributed by atoms with Gasteiger partial charge >= 0.3 is 0 Å². The Hall–Kier alpha value is -4.70. The molecule has 0 unspecified atom stereocenters. The Morgan fingerprint density at radius 1 is 1.02 bits per heavy atom. The highest BCUT2D eigenvalue weighted by molar-refractivity contribution is 7.20. The summed E-state index contributed by atoms with van der Waals surface area (Å²) in [6.45, 7) is 2.34. The van der Waals surface area contributed by atoms with E-state index in [4.69, 9.17) is 14.3 Å². The van der Waals surface area contributed by atoms with Crippen molar-refractivity contribution in [1.29, 1.82) is 0 Å². The number of hydroxylamine groups is 1. The van der Waals surface area contributed by atoms with Crippen LogP contribution in [0.1, 0.15) is 62.5 Å². The van der Waals surface area contributed by atoms with E-state index in [1.165, 1.54) is 11.3 Å². The van der Waals surface area contributed by atoms with Crippen molar-refractivity contribution in [3.05, 3.63) is 96.1 Å². The molecule has 0 spiro atoms. The second-order valence-electron chi connectivity index (χ2n) is 14.2. The van der Waals surface area contributed by atoms with Gasteiger partial charge in [-0.1, -0.05) is 84.4 Å². The molecule has 7 rings (SSSR count). The Balaban J connectivity index is 1.16. The van der Waals surface area contributed by atoms with E-state index in [0.29, 0.717) is 30.2 Å². The minimum Gasteiger partial charge on any atom is -0.497 e.